The molecule has 1 aliphatic heterocycles. The van der Waals surface area contributed by atoms with Crippen molar-refractivity contribution in [2.75, 3.05) is 13.1 Å². The summed E-state index contributed by atoms with van der Waals surface area (Å²) in [6.07, 6.45) is 5.59. The van der Waals surface area contributed by atoms with Crippen LogP contribution in [0.4, 0.5) is 0 Å². The van der Waals surface area contributed by atoms with E-state index in [2.05, 4.69) is 10.1 Å². The van der Waals surface area contributed by atoms with Crippen LogP contribution in [0.15, 0.2) is 29.0 Å². The van der Waals surface area contributed by atoms with Crippen LogP contribution in [0.2, 0.25) is 0 Å². The number of likely N-dealkylation sites (tertiary alicyclic amines) is 1. The highest BCUT2D eigenvalue weighted by atomic mass is 16.5. The molecule has 2 amide bonds. The standard InChI is InChI=1S/C22H30N4O3/c1-15(2)22(28)26(13-18-7-5-9-23-12-18)19-8-6-10-25(14-19)21(27)11-20-16(3)24-29-17(20)4/h5,7,9,12,15,19H,6,8,10-11,13-14H2,1-4H3. The minimum Gasteiger partial charge on any atom is -0.361 e. The summed E-state index contributed by atoms with van der Waals surface area (Å²) in [5, 5.41) is 3.94. The first-order valence-electron chi connectivity index (χ1n) is 10.3. The second-order valence-corrected chi connectivity index (χ2v) is 8.10. The topological polar surface area (TPSA) is 79.5 Å². The minimum absolute atomic E-state index is 0.00692. The molecule has 29 heavy (non-hydrogen) atoms. The van der Waals surface area contributed by atoms with Gasteiger partial charge in [-0.25, -0.2) is 0 Å². The zero-order chi connectivity index (χ0) is 21.0. The SMILES string of the molecule is Cc1noc(C)c1CC(=O)N1CCCC(N(Cc2cccnc2)C(=O)C(C)C)C1. The molecule has 0 spiro atoms. The molecule has 156 valence electrons. The summed E-state index contributed by atoms with van der Waals surface area (Å²) in [7, 11) is 0. The van der Waals surface area contributed by atoms with E-state index in [9.17, 15) is 9.59 Å². The lowest BCUT2D eigenvalue weighted by Gasteiger charge is -2.40. The summed E-state index contributed by atoms with van der Waals surface area (Å²) in [6.45, 7) is 9.31. The highest BCUT2D eigenvalue weighted by Crippen LogP contribution is 2.22. The molecule has 1 saturated heterocycles. The van der Waals surface area contributed by atoms with Gasteiger partial charge in [-0.3, -0.25) is 14.6 Å². The molecular formula is C22H30N4O3. The van der Waals surface area contributed by atoms with Crippen molar-refractivity contribution in [2.24, 2.45) is 5.92 Å². The molecule has 0 saturated carbocycles. The fourth-order valence-corrected chi connectivity index (χ4v) is 3.86. The van der Waals surface area contributed by atoms with Gasteiger partial charge in [0.1, 0.15) is 5.76 Å². The molecule has 3 heterocycles. The number of piperidine rings is 1. The lowest BCUT2D eigenvalue weighted by atomic mass is 10.00. The fraction of sp³-hybridized carbons (Fsp3) is 0.545. The Hall–Kier alpha value is -2.70. The third-order valence-corrected chi connectivity index (χ3v) is 5.55. The van der Waals surface area contributed by atoms with Gasteiger partial charge < -0.3 is 14.3 Å². The molecule has 7 heteroatoms. The number of nitrogens with zero attached hydrogens (tertiary/aromatic N) is 4. The minimum atomic E-state index is -0.0972. The molecule has 1 atom stereocenters. The maximum Gasteiger partial charge on any atom is 0.227 e. The molecule has 2 aromatic heterocycles. The van der Waals surface area contributed by atoms with Gasteiger partial charge in [0.15, 0.2) is 0 Å². The van der Waals surface area contributed by atoms with E-state index < -0.39 is 0 Å². The average molecular weight is 399 g/mol. The molecule has 0 N–H and O–H groups in total. The summed E-state index contributed by atoms with van der Waals surface area (Å²) in [5.74, 6) is 0.763. The van der Waals surface area contributed by atoms with Crippen molar-refractivity contribution in [3.63, 3.8) is 0 Å². The van der Waals surface area contributed by atoms with E-state index in [4.69, 9.17) is 4.52 Å². The quantitative estimate of drug-likeness (QED) is 0.747. The second kappa shape index (κ2) is 9.20. The summed E-state index contributed by atoms with van der Waals surface area (Å²) in [6, 6.07) is 3.87. The van der Waals surface area contributed by atoms with E-state index in [1.165, 1.54) is 0 Å². The Kier molecular flexibility index (Phi) is 6.67. The van der Waals surface area contributed by atoms with Crippen LogP contribution in [0.25, 0.3) is 0 Å². The third-order valence-electron chi connectivity index (χ3n) is 5.55. The molecule has 0 aromatic carbocycles. The molecule has 0 bridgehead atoms. The van der Waals surface area contributed by atoms with E-state index >= 15 is 0 Å². The number of carbonyl (C=O) groups is 2. The molecule has 3 rings (SSSR count). The molecule has 0 radical (unpaired) electrons. The number of rotatable bonds is 6. The first kappa shape index (κ1) is 21.0. The van der Waals surface area contributed by atoms with Crippen LogP contribution in [0.1, 0.15) is 49.3 Å². The van der Waals surface area contributed by atoms with Gasteiger partial charge in [-0.2, -0.15) is 0 Å². The van der Waals surface area contributed by atoms with Gasteiger partial charge in [0, 0.05) is 49.6 Å². The van der Waals surface area contributed by atoms with E-state index in [0.717, 1.165) is 36.2 Å². The Morgan fingerprint density at radius 2 is 2.14 bits per heavy atom. The molecule has 2 aromatic rings. The smallest absolute Gasteiger partial charge is 0.227 e. The highest BCUT2D eigenvalue weighted by Gasteiger charge is 2.32. The maximum atomic E-state index is 13.0. The Balaban J connectivity index is 1.73. The van der Waals surface area contributed by atoms with Gasteiger partial charge >= 0.3 is 0 Å². The first-order valence-corrected chi connectivity index (χ1v) is 10.3. The van der Waals surface area contributed by atoms with Crippen LogP contribution in [0, 0.1) is 19.8 Å². The van der Waals surface area contributed by atoms with Crippen LogP contribution < -0.4 is 0 Å². The molecule has 1 fully saturated rings. The lowest BCUT2D eigenvalue weighted by Crippen LogP contribution is -2.52. The third kappa shape index (κ3) is 5.02. The van der Waals surface area contributed by atoms with Crippen molar-refractivity contribution < 1.29 is 14.1 Å². The van der Waals surface area contributed by atoms with E-state index in [1.807, 2.05) is 49.6 Å². The number of hydrogen-bond acceptors (Lipinski definition) is 5. The van der Waals surface area contributed by atoms with Crippen molar-refractivity contribution in [1.82, 2.24) is 19.9 Å². The summed E-state index contributed by atoms with van der Waals surface area (Å²) >= 11 is 0. The maximum absolute atomic E-state index is 13.0. The number of amides is 2. The number of aryl methyl sites for hydroxylation is 2. The monoisotopic (exact) mass is 398 g/mol. The van der Waals surface area contributed by atoms with Crippen LogP contribution in [0.3, 0.4) is 0 Å². The van der Waals surface area contributed by atoms with Gasteiger partial charge in [0.2, 0.25) is 11.8 Å². The van der Waals surface area contributed by atoms with Gasteiger partial charge in [-0.05, 0) is 38.3 Å². The van der Waals surface area contributed by atoms with Crippen LogP contribution in [0.5, 0.6) is 0 Å². The largest absolute Gasteiger partial charge is 0.361 e. The number of aromatic nitrogens is 2. The molecule has 7 nitrogen and oxygen atoms in total. The Bertz CT molecular complexity index is 827. The summed E-state index contributed by atoms with van der Waals surface area (Å²) in [4.78, 5) is 33.9. The highest BCUT2D eigenvalue weighted by molar-refractivity contribution is 5.80. The van der Waals surface area contributed by atoms with Gasteiger partial charge in [-0.15, -0.1) is 0 Å². The van der Waals surface area contributed by atoms with Crippen molar-refractivity contribution in [2.45, 2.75) is 59.5 Å². The first-order chi connectivity index (χ1) is 13.9. The molecular weight excluding hydrogens is 368 g/mol. The van der Waals surface area contributed by atoms with Crippen LogP contribution in [-0.4, -0.2) is 50.9 Å². The molecule has 0 aliphatic carbocycles. The van der Waals surface area contributed by atoms with Crippen LogP contribution >= 0.6 is 0 Å². The van der Waals surface area contributed by atoms with E-state index in [-0.39, 0.29) is 30.2 Å². The normalized spacial score (nSPS) is 16.9. The number of carbonyl (C=O) groups excluding carboxylic acids is 2. The van der Waals surface area contributed by atoms with E-state index in [0.29, 0.717) is 18.8 Å². The van der Waals surface area contributed by atoms with Gasteiger partial charge in [-0.1, -0.05) is 25.1 Å². The Morgan fingerprint density at radius 1 is 1.34 bits per heavy atom. The van der Waals surface area contributed by atoms with Crippen LogP contribution in [-0.2, 0) is 22.6 Å². The fourth-order valence-electron chi connectivity index (χ4n) is 3.86. The van der Waals surface area contributed by atoms with Crippen molar-refractivity contribution in [3.05, 3.63) is 47.1 Å². The number of hydrogen-bond donors (Lipinski definition) is 0. The predicted octanol–water partition coefficient (Wildman–Crippen LogP) is 2.90. The molecule has 1 aliphatic rings. The zero-order valence-electron chi connectivity index (χ0n) is 17.7. The van der Waals surface area contributed by atoms with Crippen molar-refractivity contribution in [3.8, 4) is 0 Å². The lowest BCUT2D eigenvalue weighted by molar-refractivity contribution is -0.142. The summed E-state index contributed by atoms with van der Waals surface area (Å²) < 4.78 is 5.19. The zero-order valence-corrected chi connectivity index (χ0v) is 17.7. The predicted molar refractivity (Wildman–Crippen MR) is 109 cm³/mol. The summed E-state index contributed by atoms with van der Waals surface area (Å²) in [5.41, 5.74) is 2.63. The van der Waals surface area contributed by atoms with Gasteiger partial charge in [0.25, 0.3) is 0 Å². The second-order valence-electron chi connectivity index (χ2n) is 8.10. The van der Waals surface area contributed by atoms with Crippen molar-refractivity contribution >= 4 is 11.8 Å². The van der Waals surface area contributed by atoms with Crippen molar-refractivity contribution in [1.29, 1.82) is 0 Å². The average Bonchev–Trinajstić information content (AvgIpc) is 3.04. The number of pyridine rings is 1. The molecule has 1 unspecified atom stereocenters. The Labute approximate surface area is 172 Å². The Morgan fingerprint density at radius 3 is 2.76 bits per heavy atom. The van der Waals surface area contributed by atoms with Gasteiger partial charge in [0.05, 0.1) is 12.1 Å². The van der Waals surface area contributed by atoms with E-state index in [1.54, 1.807) is 12.4 Å².